The second kappa shape index (κ2) is 56.0. The standard InChI is InChI=1S/C19H22BFO4.C17H26BFO4.C16H24BFO4.C15H22BFO4.C14H20BFO4.C12H16BFO4/c1-3-22-14(2)23-12-16-11-17(21)9-10-18(16)20-24-13-19(25-20)15-7-5-4-6-8-15;1-7-20-12(2)21-11-13-10-14(19)8-9-15(13)18-22-16(3,4)17(5,6)23-18;1-5-19-12(2)20-9-13-8-14(18)6-7-15(13)17-11-21-16(3,4)10-22-17;1-3-18-12(2)19-11-13-10-14(17)6-7-15(13)16-20-8-4-5-9-21-16;1-3-18-11(2)19-9-12-8-13(16)4-5-14(12)15-10-17-6-7-20-15;14-10-4-5-11(13(15)16)9(7-10)8-18-12-3-1-2-6-17-12/h4-11,14,19H,3,12-13H2,1-2H3;8-10,12H,7,11H2,1-6H3;6-8,12H,5,9-11H2,1-4H3;6-7,10,12H,3-5,8-9,11H2,1-2H3;4-5,8,11H,3,6-7,9-10H2,1-2H3;4-5,7,12,15-16H,1-3,6,8H2. The van der Waals surface area contributed by atoms with E-state index in [1.54, 1.807) is 30.3 Å². The first-order chi connectivity index (χ1) is 61.8. The molecule has 0 saturated carbocycles. The number of hydrogen-bond donors (Lipinski definition) is 2. The number of ether oxygens (including phenoxy) is 14. The van der Waals surface area contributed by atoms with Gasteiger partial charge in [-0.1, -0.05) is 66.7 Å². The van der Waals surface area contributed by atoms with E-state index in [1.807, 2.05) is 141 Å². The van der Waals surface area contributed by atoms with Crippen LogP contribution in [0.3, 0.4) is 0 Å². The Morgan fingerprint density at radius 2 is 0.783 bits per heavy atom. The van der Waals surface area contributed by atoms with Crippen LogP contribution in [0, 0.1) is 34.9 Å². The fourth-order valence-corrected chi connectivity index (χ4v) is 14.0. The average molecular weight is 1810 g/mol. The van der Waals surface area contributed by atoms with E-state index in [2.05, 4.69) is 0 Å². The Labute approximate surface area is 760 Å². The van der Waals surface area contributed by atoms with Gasteiger partial charge in [-0.15, -0.1) is 0 Å². The molecular formula is C93H130B6F6O24. The molecule has 129 heavy (non-hydrogen) atoms. The van der Waals surface area contributed by atoms with Crippen LogP contribution in [0.5, 0.6) is 0 Å². The van der Waals surface area contributed by atoms with E-state index in [1.165, 1.54) is 78.9 Å². The van der Waals surface area contributed by atoms with Crippen molar-refractivity contribution < 1.29 is 140 Å². The zero-order valence-electron chi connectivity index (χ0n) is 77.6. The predicted octanol–water partition coefficient (Wildman–Crippen LogP) is 12.8. The molecule has 0 aromatic heterocycles. The summed E-state index contributed by atoms with van der Waals surface area (Å²) in [5.74, 6) is -1.92. The van der Waals surface area contributed by atoms with Gasteiger partial charge in [0.25, 0.3) is 0 Å². The summed E-state index contributed by atoms with van der Waals surface area (Å²) >= 11 is 0. The number of halogens is 6. The molecule has 13 rings (SSSR count). The van der Waals surface area contributed by atoms with Crippen LogP contribution in [0.4, 0.5) is 26.3 Å². The van der Waals surface area contributed by atoms with Crippen LogP contribution in [-0.4, -0.2) is 199 Å². The first kappa shape index (κ1) is 108. The van der Waals surface area contributed by atoms with Crippen molar-refractivity contribution in [1.29, 1.82) is 0 Å². The largest absolute Gasteiger partial charge is 0.495 e. The zero-order valence-corrected chi connectivity index (χ0v) is 77.6. The summed E-state index contributed by atoms with van der Waals surface area (Å²) in [7, 11) is -3.15. The molecule has 7 unspecified atom stereocenters. The van der Waals surface area contributed by atoms with Crippen molar-refractivity contribution in [3.8, 4) is 0 Å². The third kappa shape index (κ3) is 36.7. The van der Waals surface area contributed by atoms with Crippen LogP contribution >= 0.6 is 0 Å². The summed E-state index contributed by atoms with van der Waals surface area (Å²) in [6.07, 6.45) is 2.73. The molecule has 36 heteroatoms. The Bertz CT molecular complexity index is 4340. The first-order valence-corrected chi connectivity index (χ1v) is 44.6. The molecule has 7 aromatic rings. The molecule has 0 radical (unpaired) electrons. The maximum absolute atomic E-state index is 13.7. The topological polar surface area (TPSA) is 244 Å². The lowest BCUT2D eigenvalue weighted by Gasteiger charge is -2.34. The molecule has 0 bridgehead atoms. The van der Waals surface area contributed by atoms with Gasteiger partial charge in [-0.2, -0.15) is 0 Å². The van der Waals surface area contributed by atoms with Gasteiger partial charge in [0.1, 0.15) is 34.9 Å². The summed E-state index contributed by atoms with van der Waals surface area (Å²) in [5, 5.41) is 18.4. The molecular weight excluding hydrogens is 1680 g/mol. The Balaban J connectivity index is 0.000000192. The maximum Gasteiger partial charge on any atom is 0.495 e. The molecule has 6 aliphatic rings. The van der Waals surface area contributed by atoms with Crippen LogP contribution < -0.4 is 32.8 Å². The second-order valence-electron chi connectivity index (χ2n) is 32.6. The Hall–Kier alpha value is -6.45. The molecule has 7 aromatic carbocycles. The predicted molar refractivity (Wildman–Crippen MR) is 483 cm³/mol. The van der Waals surface area contributed by atoms with Gasteiger partial charge in [0.15, 0.2) is 37.7 Å². The molecule has 0 aliphatic carbocycles. The second-order valence-corrected chi connectivity index (χ2v) is 32.6. The highest BCUT2D eigenvalue weighted by Crippen LogP contribution is 2.37. The summed E-state index contributed by atoms with van der Waals surface area (Å²) < 4.78 is 205. The van der Waals surface area contributed by atoms with E-state index in [9.17, 15) is 36.4 Å². The summed E-state index contributed by atoms with van der Waals surface area (Å²) in [6.45, 7) is 39.5. The molecule has 6 aliphatic heterocycles. The lowest BCUT2D eigenvalue weighted by molar-refractivity contribution is -0.168. The number of hydrogen-bond acceptors (Lipinski definition) is 24. The molecule has 706 valence electrons. The van der Waals surface area contributed by atoms with Gasteiger partial charge < -0.3 is 114 Å². The van der Waals surface area contributed by atoms with Gasteiger partial charge in [0.05, 0.1) is 102 Å². The third-order valence-electron chi connectivity index (χ3n) is 21.6. The molecule has 0 spiro atoms. The highest BCUT2D eigenvalue weighted by atomic mass is 19.1. The van der Waals surface area contributed by atoms with E-state index in [0.717, 1.165) is 81.7 Å². The fraction of sp³-hybridized carbons (Fsp3) is 0.548. The SMILES string of the molecule is CCOC(C)OCc1cc(F)ccc1B1COC(C)(C)CO1.CCOC(C)OCc1cc(F)ccc1B1COCCO1.CCOC(C)OCc1cc(F)ccc1B1OC(C)(C)C(C)(C)O1.CCOC(C)OCc1cc(F)ccc1B1OCC(c2ccccc2)O1.CCOC(C)OCc1cc(F)ccc1B1OCCCCO1.OB(O)c1ccc(F)cc1COC1CCCCO1. The van der Waals surface area contributed by atoms with Crippen molar-refractivity contribution in [3.05, 3.63) is 213 Å². The van der Waals surface area contributed by atoms with Crippen molar-refractivity contribution in [3.63, 3.8) is 0 Å². The third-order valence-corrected chi connectivity index (χ3v) is 21.6. The quantitative estimate of drug-likeness (QED) is 0.0213. The molecule has 6 saturated heterocycles. The van der Waals surface area contributed by atoms with Crippen molar-refractivity contribution in [2.24, 2.45) is 0 Å². The van der Waals surface area contributed by atoms with E-state index in [-0.39, 0.29) is 137 Å². The summed E-state index contributed by atoms with van der Waals surface area (Å²) in [5.41, 5.74) is 8.46. The monoisotopic (exact) mass is 1810 g/mol. The van der Waals surface area contributed by atoms with Gasteiger partial charge in [0, 0.05) is 52.9 Å². The van der Waals surface area contributed by atoms with Gasteiger partial charge in [-0.25, -0.2) is 26.3 Å². The van der Waals surface area contributed by atoms with E-state index in [4.69, 9.17) is 104 Å². The minimum absolute atomic E-state index is 0.107. The highest BCUT2D eigenvalue weighted by molar-refractivity contribution is 6.68. The number of rotatable bonds is 35. The van der Waals surface area contributed by atoms with E-state index in [0.29, 0.717) is 109 Å². The molecule has 24 nitrogen and oxygen atoms in total. The fourth-order valence-electron chi connectivity index (χ4n) is 14.0. The van der Waals surface area contributed by atoms with E-state index >= 15 is 0 Å². The smallest absolute Gasteiger partial charge is 0.427 e. The van der Waals surface area contributed by atoms with Crippen LogP contribution in [0.25, 0.3) is 0 Å². The normalized spacial score (nSPS) is 18.9. The van der Waals surface area contributed by atoms with Gasteiger partial charge in [0.2, 0.25) is 0 Å². The van der Waals surface area contributed by atoms with Crippen molar-refractivity contribution in [1.82, 2.24) is 0 Å². The number of benzene rings is 7. The minimum atomic E-state index is -1.63. The molecule has 2 N–H and O–H groups in total. The Kier molecular flexibility index (Phi) is 46.9. The van der Waals surface area contributed by atoms with Gasteiger partial charge >= 0.3 is 42.3 Å². The summed E-state index contributed by atoms with van der Waals surface area (Å²) in [6, 6.07) is 36.7. The average Bonchev–Trinajstić information content (AvgIpc) is 1.61. The maximum atomic E-state index is 13.7. The lowest BCUT2D eigenvalue weighted by Crippen LogP contribution is -2.51. The van der Waals surface area contributed by atoms with Crippen LogP contribution in [-0.2, 0) is 143 Å². The molecule has 7 atom stereocenters. The lowest BCUT2D eigenvalue weighted by atomic mass is 9.59. The first-order valence-electron chi connectivity index (χ1n) is 44.6. The molecule has 6 fully saturated rings. The zero-order chi connectivity index (χ0) is 93.5. The highest BCUT2D eigenvalue weighted by Gasteiger charge is 2.52. The van der Waals surface area contributed by atoms with E-state index < -0.39 is 45.5 Å². The Morgan fingerprint density at radius 3 is 1.17 bits per heavy atom. The van der Waals surface area contributed by atoms with Crippen LogP contribution in [0.15, 0.2) is 140 Å². The van der Waals surface area contributed by atoms with Crippen molar-refractivity contribution in [2.45, 2.75) is 243 Å². The van der Waals surface area contributed by atoms with Crippen molar-refractivity contribution in [2.75, 3.05) is 92.3 Å². The van der Waals surface area contributed by atoms with Crippen molar-refractivity contribution >= 4 is 75.1 Å². The molecule has 6 heterocycles. The minimum Gasteiger partial charge on any atom is -0.427 e. The summed E-state index contributed by atoms with van der Waals surface area (Å²) in [4.78, 5) is 0. The Morgan fingerprint density at radius 1 is 0.395 bits per heavy atom. The van der Waals surface area contributed by atoms with Gasteiger partial charge in [-0.05, 0) is 287 Å². The molecule has 0 amide bonds. The van der Waals surface area contributed by atoms with Crippen LogP contribution in [0.2, 0.25) is 0 Å². The van der Waals surface area contributed by atoms with Gasteiger partial charge in [-0.3, -0.25) is 0 Å². The van der Waals surface area contributed by atoms with Crippen LogP contribution in [0.1, 0.15) is 188 Å².